The highest BCUT2D eigenvalue weighted by Crippen LogP contribution is 2.49. The van der Waals surface area contributed by atoms with Crippen molar-refractivity contribution in [3.05, 3.63) is 0 Å². The molecule has 24 heavy (non-hydrogen) atoms. The van der Waals surface area contributed by atoms with E-state index in [0.29, 0.717) is 18.4 Å². The summed E-state index contributed by atoms with van der Waals surface area (Å²) in [6, 6.07) is 0.535. The van der Waals surface area contributed by atoms with Gasteiger partial charge in [-0.15, -0.1) is 0 Å². The summed E-state index contributed by atoms with van der Waals surface area (Å²) < 4.78 is 0. The predicted octanol–water partition coefficient (Wildman–Crippen LogP) is 3.05. The van der Waals surface area contributed by atoms with Crippen molar-refractivity contribution in [2.24, 2.45) is 11.3 Å². The number of likely N-dealkylation sites (tertiary alicyclic amines) is 1. The van der Waals surface area contributed by atoms with Gasteiger partial charge in [-0.3, -0.25) is 4.79 Å². The van der Waals surface area contributed by atoms with E-state index in [2.05, 4.69) is 17.6 Å². The van der Waals surface area contributed by atoms with Crippen LogP contribution in [0.3, 0.4) is 0 Å². The first-order valence-electron chi connectivity index (χ1n) is 9.95. The summed E-state index contributed by atoms with van der Waals surface area (Å²) in [6.07, 6.45) is 11.1. The summed E-state index contributed by atoms with van der Waals surface area (Å²) in [6.45, 7) is 4.54. The molecule has 3 fully saturated rings. The van der Waals surface area contributed by atoms with Crippen molar-refractivity contribution in [1.82, 2.24) is 15.5 Å². The van der Waals surface area contributed by atoms with Gasteiger partial charge in [-0.25, -0.2) is 4.79 Å². The second-order valence-electron chi connectivity index (χ2n) is 8.11. The zero-order chi connectivity index (χ0) is 17.0. The summed E-state index contributed by atoms with van der Waals surface area (Å²) in [4.78, 5) is 26.5. The van der Waals surface area contributed by atoms with Gasteiger partial charge in [0.05, 0.1) is 0 Å². The average Bonchev–Trinajstić information content (AvgIpc) is 3.33. The second-order valence-corrected chi connectivity index (χ2v) is 8.11. The molecular formula is C19H33N3O2. The molecule has 3 aliphatic rings. The standard InChI is InChI=1S/C19H33N3O2/c1-2-12-20-18(24)22-13-15(6-9-17(23)21-16-7-8-16)19(14-22)10-4-3-5-11-19/h15-16H,2-14H2,1H3,(H,20,24)(H,21,23). The van der Waals surface area contributed by atoms with Crippen molar-refractivity contribution in [2.45, 2.75) is 77.2 Å². The molecular weight excluding hydrogens is 302 g/mol. The van der Waals surface area contributed by atoms with E-state index < -0.39 is 0 Å². The third-order valence-electron chi connectivity index (χ3n) is 6.14. The normalized spacial score (nSPS) is 25.7. The van der Waals surface area contributed by atoms with Gasteiger partial charge in [-0.2, -0.15) is 0 Å². The fourth-order valence-electron chi connectivity index (χ4n) is 4.58. The second kappa shape index (κ2) is 7.75. The number of nitrogens with one attached hydrogen (secondary N) is 2. The molecule has 5 heteroatoms. The van der Waals surface area contributed by atoms with Crippen LogP contribution in [-0.2, 0) is 4.79 Å². The third-order valence-corrected chi connectivity index (χ3v) is 6.14. The summed E-state index contributed by atoms with van der Waals surface area (Å²) in [5.41, 5.74) is 0.266. The van der Waals surface area contributed by atoms with E-state index in [-0.39, 0.29) is 17.4 Å². The van der Waals surface area contributed by atoms with Crippen LogP contribution in [0.25, 0.3) is 0 Å². The molecule has 3 amide bonds. The van der Waals surface area contributed by atoms with E-state index in [9.17, 15) is 9.59 Å². The number of rotatable bonds is 6. The Morgan fingerprint density at radius 1 is 1.17 bits per heavy atom. The van der Waals surface area contributed by atoms with Gasteiger partial charge in [-0.05, 0) is 49.9 Å². The van der Waals surface area contributed by atoms with Crippen molar-refractivity contribution in [3.63, 3.8) is 0 Å². The molecule has 1 aliphatic heterocycles. The highest BCUT2D eigenvalue weighted by atomic mass is 16.2. The molecule has 1 spiro atoms. The van der Waals surface area contributed by atoms with Gasteiger partial charge in [0, 0.05) is 32.1 Å². The number of nitrogens with zero attached hydrogens (tertiary/aromatic N) is 1. The number of carbonyl (C=O) groups is 2. The lowest BCUT2D eigenvalue weighted by molar-refractivity contribution is -0.121. The highest BCUT2D eigenvalue weighted by molar-refractivity contribution is 5.76. The van der Waals surface area contributed by atoms with Crippen LogP contribution >= 0.6 is 0 Å². The van der Waals surface area contributed by atoms with Crippen molar-refractivity contribution in [1.29, 1.82) is 0 Å². The quantitative estimate of drug-likeness (QED) is 0.784. The topological polar surface area (TPSA) is 61.4 Å². The van der Waals surface area contributed by atoms with Crippen LogP contribution in [0.15, 0.2) is 0 Å². The monoisotopic (exact) mass is 335 g/mol. The number of urea groups is 1. The first-order valence-corrected chi connectivity index (χ1v) is 9.95. The Labute approximate surface area is 145 Å². The molecule has 0 aromatic rings. The molecule has 1 saturated heterocycles. The minimum absolute atomic E-state index is 0.0896. The van der Waals surface area contributed by atoms with E-state index in [0.717, 1.165) is 45.3 Å². The maximum absolute atomic E-state index is 12.4. The van der Waals surface area contributed by atoms with Gasteiger partial charge in [0.25, 0.3) is 0 Å². The summed E-state index contributed by atoms with van der Waals surface area (Å²) in [5.74, 6) is 0.687. The Balaban J connectivity index is 1.58. The minimum atomic E-state index is 0.0896. The zero-order valence-electron chi connectivity index (χ0n) is 15.1. The number of amides is 3. The molecule has 0 aromatic heterocycles. The lowest BCUT2D eigenvalue weighted by Crippen LogP contribution is -2.40. The Morgan fingerprint density at radius 2 is 1.92 bits per heavy atom. The SMILES string of the molecule is CCCNC(=O)N1CC(CCC(=O)NC2CC2)C2(CCCCC2)C1. The van der Waals surface area contributed by atoms with Gasteiger partial charge < -0.3 is 15.5 Å². The van der Waals surface area contributed by atoms with E-state index >= 15 is 0 Å². The van der Waals surface area contributed by atoms with E-state index in [1.807, 2.05) is 4.90 Å². The predicted molar refractivity (Wildman–Crippen MR) is 94.7 cm³/mol. The summed E-state index contributed by atoms with van der Waals surface area (Å²) in [5, 5.41) is 6.12. The van der Waals surface area contributed by atoms with Gasteiger partial charge in [0.2, 0.25) is 5.91 Å². The molecule has 5 nitrogen and oxygen atoms in total. The largest absolute Gasteiger partial charge is 0.353 e. The molecule has 2 aliphatic carbocycles. The molecule has 0 radical (unpaired) electrons. The molecule has 2 saturated carbocycles. The lowest BCUT2D eigenvalue weighted by Gasteiger charge is -2.38. The first-order chi connectivity index (χ1) is 11.6. The Hall–Kier alpha value is -1.26. The summed E-state index contributed by atoms with van der Waals surface area (Å²) >= 11 is 0. The molecule has 0 bridgehead atoms. The van der Waals surface area contributed by atoms with Gasteiger partial charge in [-0.1, -0.05) is 26.2 Å². The van der Waals surface area contributed by atoms with Crippen LogP contribution in [0.1, 0.15) is 71.1 Å². The first kappa shape index (κ1) is 17.6. The maximum atomic E-state index is 12.4. The van der Waals surface area contributed by atoms with Gasteiger partial charge in [0.15, 0.2) is 0 Å². The number of hydrogen-bond donors (Lipinski definition) is 2. The van der Waals surface area contributed by atoms with Gasteiger partial charge >= 0.3 is 6.03 Å². The molecule has 0 aromatic carbocycles. The lowest BCUT2D eigenvalue weighted by atomic mass is 9.66. The Bertz CT molecular complexity index is 456. The van der Waals surface area contributed by atoms with Crippen molar-refractivity contribution in [2.75, 3.05) is 19.6 Å². The van der Waals surface area contributed by atoms with Crippen LogP contribution in [0.5, 0.6) is 0 Å². The molecule has 1 atom stereocenters. The van der Waals surface area contributed by atoms with Crippen LogP contribution in [-0.4, -0.2) is 42.5 Å². The minimum Gasteiger partial charge on any atom is -0.353 e. The van der Waals surface area contributed by atoms with Crippen LogP contribution in [0, 0.1) is 11.3 Å². The zero-order valence-corrected chi connectivity index (χ0v) is 15.1. The molecule has 3 rings (SSSR count). The van der Waals surface area contributed by atoms with Crippen molar-refractivity contribution < 1.29 is 9.59 Å². The van der Waals surface area contributed by atoms with Crippen molar-refractivity contribution >= 4 is 11.9 Å². The maximum Gasteiger partial charge on any atom is 0.317 e. The fourth-order valence-corrected chi connectivity index (χ4v) is 4.58. The number of hydrogen-bond acceptors (Lipinski definition) is 2. The van der Waals surface area contributed by atoms with Crippen LogP contribution < -0.4 is 10.6 Å². The number of carbonyl (C=O) groups excluding carboxylic acids is 2. The highest BCUT2D eigenvalue weighted by Gasteiger charge is 2.47. The summed E-state index contributed by atoms with van der Waals surface area (Å²) in [7, 11) is 0. The van der Waals surface area contributed by atoms with Crippen LogP contribution in [0.2, 0.25) is 0 Å². The Morgan fingerprint density at radius 3 is 2.58 bits per heavy atom. The van der Waals surface area contributed by atoms with Gasteiger partial charge in [0.1, 0.15) is 0 Å². The van der Waals surface area contributed by atoms with E-state index in [1.165, 1.54) is 32.1 Å². The van der Waals surface area contributed by atoms with Crippen LogP contribution in [0.4, 0.5) is 4.79 Å². The van der Waals surface area contributed by atoms with Crippen molar-refractivity contribution in [3.8, 4) is 0 Å². The third kappa shape index (κ3) is 4.22. The van der Waals surface area contributed by atoms with E-state index in [1.54, 1.807) is 0 Å². The molecule has 1 unspecified atom stereocenters. The molecule has 136 valence electrons. The smallest absolute Gasteiger partial charge is 0.317 e. The molecule has 1 heterocycles. The average molecular weight is 335 g/mol. The van der Waals surface area contributed by atoms with E-state index in [4.69, 9.17) is 0 Å². The Kier molecular flexibility index (Phi) is 5.67. The fraction of sp³-hybridized carbons (Fsp3) is 0.895. The molecule has 2 N–H and O–H groups in total.